The van der Waals surface area contributed by atoms with E-state index in [9.17, 15) is 14.4 Å². The molecule has 1 saturated heterocycles. The van der Waals surface area contributed by atoms with E-state index in [1.807, 2.05) is 0 Å². The van der Waals surface area contributed by atoms with Crippen LogP contribution in [0.2, 0.25) is 5.02 Å². The lowest BCUT2D eigenvalue weighted by Gasteiger charge is -2.31. The van der Waals surface area contributed by atoms with E-state index >= 15 is 0 Å². The molecule has 1 aliphatic heterocycles. The number of halogens is 1. The molecule has 4 N–H and O–H groups in total. The predicted molar refractivity (Wildman–Crippen MR) is 91.2 cm³/mol. The number of nitrogen functional groups attached to an aromatic ring is 1. The van der Waals surface area contributed by atoms with E-state index in [4.69, 9.17) is 32.5 Å². The Kier molecular flexibility index (Phi) is 6.08. The highest BCUT2D eigenvalue weighted by Crippen LogP contribution is 2.29. The average Bonchev–Trinajstić information content (AvgIpc) is 2.61. The van der Waals surface area contributed by atoms with Gasteiger partial charge in [0.25, 0.3) is 5.91 Å². The van der Waals surface area contributed by atoms with Gasteiger partial charge in [-0.25, -0.2) is 4.79 Å². The fourth-order valence-corrected chi connectivity index (χ4v) is 2.79. The molecule has 25 heavy (non-hydrogen) atoms. The number of anilines is 1. The molecule has 2 amide bonds. The Morgan fingerprint density at radius 1 is 1.36 bits per heavy atom. The summed E-state index contributed by atoms with van der Waals surface area (Å²) >= 11 is 5.91. The molecule has 0 saturated carbocycles. The van der Waals surface area contributed by atoms with Crippen LogP contribution in [0, 0.1) is 5.92 Å². The fraction of sp³-hybridized carbons (Fsp3) is 0.438. The Bertz CT molecular complexity index is 695. The number of ether oxygens (including phenoxy) is 2. The second-order valence-corrected chi connectivity index (χ2v) is 6.14. The smallest absolute Gasteiger partial charge is 0.342 e. The highest BCUT2D eigenvalue weighted by molar-refractivity contribution is 6.33. The maximum atomic E-state index is 12.2. The van der Waals surface area contributed by atoms with Gasteiger partial charge in [-0.15, -0.1) is 0 Å². The third-order valence-corrected chi connectivity index (χ3v) is 4.37. The number of hydrogen-bond acceptors (Lipinski definition) is 6. The average molecular weight is 370 g/mol. The number of benzene rings is 1. The van der Waals surface area contributed by atoms with Gasteiger partial charge in [-0.2, -0.15) is 0 Å². The highest BCUT2D eigenvalue weighted by Gasteiger charge is 2.27. The van der Waals surface area contributed by atoms with Crippen molar-refractivity contribution in [1.82, 2.24) is 4.90 Å². The van der Waals surface area contributed by atoms with Crippen LogP contribution in [-0.2, 0) is 14.3 Å². The molecule has 0 unspecified atom stereocenters. The monoisotopic (exact) mass is 369 g/mol. The topological polar surface area (TPSA) is 125 Å². The van der Waals surface area contributed by atoms with Crippen LogP contribution in [0.25, 0.3) is 0 Å². The van der Waals surface area contributed by atoms with Crippen LogP contribution >= 0.6 is 11.6 Å². The van der Waals surface area contributed by atoms with Gasteiger partial charge in [0, 0.05) is 19.2 Å². The Labute approximate surface area is 150 Å². The number of rotatable bonds is 5. The summed E-state index contributed by atoms with van der Waals surface area (Å²) in [6, 6.07) is 2.73. The summed E-state index contributed by atoms with van der Waals surface area (Å²) in [5.74, 6) is -1.75. The zero-order valence-electron chi connectivity index (χ0n) is 13.8. The minimum Gasteiger partial charge on any atom is -0.496 e. The van der Waals surface area contributed by atoms with Crippen LogP contribution in [0.5, 0.6) is 5.75 Å². The van der Waals surface area contributed by atoms with Gasteiger partial charge >= 0.3 is 5.97 Å². The molecule has 1 aliphatic rings. The molecule has 1 aromatic rings. The summed E-state index contributed by atoms with van der Waals surface area (Å²) in [6.45, 7) is 0.287. The van der Waals surface area contributed by atoms with E-state index in [-0.39, 0.29) is 40.4 Å². The van der Waals surface area contributed by atoms with Gasteiger partial charge in [-0.1, -0.05) is 11.6 Å². The molecule has 0 spiro atoms. The largest absolute Gasteiger partial charge is 0.496 e. The molecule has 0 aromatic heterocycles. The molecule has 1 atom stereocenters. The Morgan fingerprint density at radius 3 is 2.72 bits per heavy atom. The lowest BCUT2D eigenvalue weighted by molar-refractivity contribution is -0.137. The second-order valence-electron chi connectivity index (χ2n) is 5.73. The van der Waals surface area contributed by atoms with Crippen LogP contribution in [-0.4, -0.2) is 49.5 Å². The molecule has 9 heteroatoms. The van der Waals surface area contributed by atoms with E-state index in [2.05, 4.69) is 0 Å². The van der Waals surface area contributed by atoms with Crippen molar-refractivity contribution in [3.8, 4) is 5.75 Å². The normalized spacial score (nSPS) is 17.0. The summed E-state index contributed by atoms with van der Waals surface area (Å²) in [6.07, 6.45) is 1.33. The van der Waals surface area contributed by atoms with Gasteiger partial charge in [0.2, 0.25) is 5.91 Å². The van der Waals surface area contributed by atoms with Crippen molar-refractivity contribution >= 4 is 35.1 Å². The van der Waals surface area contributed by atoms with Gasteiger partial charge < -0.3 is 25.8 Å². The maximum absolute atomic E-state index is 12.2. The van der Waals surface area contributed by atoms with Crippen LogP contribution in [0.1, 0.15) is 23.2 Å². The lowest BCUT2D eigenvalue weighted by atomic mass is 9.97. The molecule has 136 valence electrons. The van der Waals surface area contributed by atoms with Gasteiger partial charge in [-0.05, 0) is 18.9 Å². The van der Waals surface area contributed by atoms with E-state index in [0.29, 0.717) is 19.4 Å². The van der Waals surface area contributed by atoms with Crippen molar-refractivity contribution in [2.75, 3.05) is 32.5 Å². The Hall–Kier alpha value is -2.48. The number of likely N-dealkylation sites (tertiary alicyclic amines) is 1. The first-order chi connectivity index (χ1) is 11.8. The third kappa shape index (κ3) is 4.54. The molecule has 1 fully saturated rings. The van der Waals surface area contributed by atoms with E-state index in [1.165, 1.54) is 24.1 Å². The molecular formula is C16H20ClN3O5. The molecule has 2 rings (SSSR count). The highest BCUT2D eigenvalue weighted by atomic mass is 35.5. The minimum absolute atomic E-state index is 0.0724. The number of piperidine rings is 1. The molecule has 0 bridgehead atoms. The molecule has 0 radical (unpaired) electrons. The van der Waals surface area contributed by atoms with Crippen LogP contribution in [0.3, 0.4) is 0 Å². The summed E-state index contributed by atoms with van der Waals surface area (Å²) < 4.78 is 10.1. The Balaban J connectivity index is 1.99. The zero-order valence-corrected chi connectivity index (χ0v) is 14.5. The number of nitrogens with zero attached hydrogens (tertiary/aromatic N) is 1. The van der Waals surface area contributed by atoms with Crippen molar-refractivity contribution in [1.29, 1.82) is 0 Å². The first-order valence-corrected chi connectivity index (χ1v) is 8.08. The number of carbonyl (C=O) groups is 3. The predicted octanol–water partition coefficient (Wildman–Crippen LogP) is 0.812. The summed E-state index contributed by atoms with van der Waals surface area (Å²) in [5, 5.41) is 0.180. The lowest BCUT2D eigenvalue weighted by Crippen LogP contribution is -2.45. The SMILES string of the molecule is COc1cc(N)c(Cl)cc1C(=O)OCC(=O)N1CCC[C@@H](C(N)=O)C1. The number of hydrogen-bond donors (Lipinski definition) is 2. The van der Waals surface area contributed by atoms with Crippen LogP contribution < -0.4 is 16.2 Å². The molecule has 1 aromatic carbocycles. The Morgan fingerprint density at radius 2 is 2.08 bits per heavy atom. The minimum atomic E-state index is -0.754. The molecular weight excluding hydrogens is 350 g/mol. The van der Waals surface area contributed by atoms with Crippen molar-refractivity contribution in [2.24, 2.45) is 11.7 Å². The van der Waals surface area contributed by atoms with Gasteiger partial charge in [0.1, 0.15) is 11.3 Å². The van der Waals surface area contributed by atoms with Crippen molar-refractivity contribution in [3.05, 3.63) is 22.7 Å². The summed E-state index contributed by atoms with van der Waals surface area (Å²) in [4.78, 5) is 37.1. The third-order valence-electron chi connectivity index (χ3n) is 4.04. The van der Waals surface area contributed by atoms with Crippen LogP contribution in [0.4, 0.5) is 5.69 Å². The van der Waals surface area contributed by atoms with E-state index < -0.39 is 18.5 Å². The number of primary amides is 1. The van der Waals surface area contributed by atoms with Gasteiger partial charge in [-0.3, -0.25) is 9.59 Å². The van der Waals surface area contributed by atoms with Crippen LogP contribution in [0.15, 0.2) is 12.1 Å². The van der Waals surface area contributed by atoms with Crippen molar-refractivity contribution in [3.63, 3.8) is 0 Å². The number of amides is 2. The quantitative estimate of drug-likeness (QED) is 0.584. The first-order valence-electron chi connectivity index (χ1n) is 7.70. The van der Waals surface area contributed by atoms with E-state index in [1.54, 1.807) is 0 Å². The summed E-state index contributed by atoms with van der Waals surface area (Å²) in [7, 11) is 1.38. The first kappa shape index (κ1) is 18.9. The van der Waals surface area contributed by atoms with Crippen molar-refractivity contribution in [2.45, 2.75) is 12.8 Å². The number of methoxy groups -OCH3 is 1. The molecule has 0 aliphatic carbocycles. The van der Waals surface area contributed by atoms with Gasteiger partial charge in [0.15, 0.2) is 6.61 Å². The number of esters is 1. The zero-order chi connectivity index (χ0) is 18.6. The second kappa shape index (κ2) is 8.06. The number of nitrogens with two attached hydrogens (primary N) is 2. The fourth-order valence-electron chi connectivity index (χ4n) is 2.63. The van der Waals surface area contributed by atoms with Crippen molar-refractivity contribution < 1.29 is 23.9 Å². The molecule has 8 nitrogen and oxygen atoms in total. The van der Waals surface area contributed by atoms with E-state index in [0.717, 1.165) is 0 Å². The standard InChI is InChI=1S/C16H20ClN3O5/c1-24-13-6-12(18)11(17)5-10(13)16(23)25-8-14(21)20-4-2-3-9(7-20)15(19)22/h5-6,9H,2-4,7-8,18H2,1H3,(H2,19,22)/t9-/m1/s1. The van der Waals surface area contributed by atoms with Gasteiger partial charge in [0.05, 0.1) is 23.7 Å². The molecule has 1 heterocycles. The summed E-state index contributed by atoms with van der Waals surface area (Å²) in [5.41, 5.74) is 11.3. The maximum Gasteiger partial charge on any atom is 0.342 e. The number of carbonyl (C=O) groups excluding carboxylic acids is 3.